The maximum atomic E-state index is 13.2. The molecule has 82 valence electrons. The van der Waals surface area contributed by atoms with Crippen LogP contribution in [-0.2, 0) is 6.54 Å². The lowest BCUT2D eigenvalue weighted by Crippen LogP contribution is -1.99. The van der Waals surface area contributed by atoms with Crippen LogP contribution in [-0.4, -0.2) is 0 Å². The van der Waals surface area contributed by atoms with E-state index in [-0.39, 0.29) is 5.82 Å². The van der Waals surface area contributed by atoms with E-state index < -0.39 is 0 Å². The molecule has 2 aromatic rings. The molecule has 0 spiro atoms. The zero-order valence-corrected chi connectivity index (χ0v) is 8.78. The zero-order chi connectivity index (χ0) is 11.4. The van der Waals surface area contributed by atoms with Crippen LogP contribution in [0.15, 0.2) is 48.5 Å². The number of hydrogen-bond acceptors (Lipinski definition) is 2. The molecule has 0 aliphatic carbocycles. The molecular formula is C13H13FN2. The Morgan fingerprint density at radius 2 is 1.75 bits per heavy atom. The fraction of sp³-hybridized carbons (Fsp3) is 0.0769. The molecule has 0 radical (unpaired) electrons. The topological polar surface area (TPSA) is 38.0 Å². The van der Waals surface area contributed by atoms with E-state index in [1.807, 2.05) is 36.4 Å². The molecule has 2 rings (SSSR count). The Kier molecular flexibility index (Phi) is 3.17. The summed E-state index contributed by atoms with van der Waals surface area (Å²) in [5.41, 5.74) is 7.90. The van der Waals surface area contributed by atoms with Crippen LogP contribution in [0.5, 0.6) is 0 Å². The average Bonchev–Trinajstić information content (AvgIpc) is 2.29. The summed E-state index contributed by atoms with van der Waals surface area (Å²) in [7, 11) is 0. The van der Waals surface area contributed by atoms with Gasteiger partial charge in [0.25, 0.3) is 0 Å². The van der Waals surface area contributed by atoms with Crippen LogP contribution >= 0.6 is 0 Å². The Labute approximate surface area is 93.9 Å². The molecular weight excluding hydrogens is 203 g/mol. The van der Waals surface area contributed by atoms with Crippen molar-refractivity contribution in [3.05, 3.63) is 59.9 Å². The summed E-state index contributed by atoms with van der Waals surface area (Å²) in [5, 5.41) is 3.12. The molecule has 0 fully saturated rings. The first-order chi connectivity index (χ1) is 7.78. The normalized spacial score (nSPS) is 10.1. The molecule has 0 aliphatic rings. The highest BCUT2D eigenvalue weighted by Crippen LogP contribution is 2.18. The van der Waals surface area contributed by atoms with Gasteiger partial charge in [0.05, 0.1) is 0 Å². The summed E-state index contributed by atoms with van der Waals surface area (Å²) in [6, 6.07) is 14.4. The standard InChI is InChI=1S/C13H13FN2/c14-11-6-10(9-15)7-13(8-11)16-12-4-2-1-3-5-12/h1-8,16H,9,15H2. The summed E-state index contributed by atoms with van der Waals surface area (Å²) < 4.78 is 13.2. The van der Waals surface area contributed by atoms with Crippen LogP contribution < -0.4 is 11.1 Å². The van der Waals surface area contributed by atoms with E-state index in [1.165, 1.54) is 12.1 Å². The molecule has 2 nitrogen and oxygen atoms in total. The number of para-hydroxylation sites is 1. The van der Waals surface area contributed by atoms with Gasteiger partial charge in [-0.15, -0.1) is 0 Å². The number of hydrogen-bond donors (Lipinski definition) is 2. The van der Waals surface area contributed by atoms with Crippen LogP contribution in [0.25, 0.3) is 0 Å². The Balaban J connectivity index is 2.24. The van der Waals surface area contributed by atoms with E-state index in [2.05, 4.69) is 5.32 Å². The van der Waals surface area contributed by atoms with Crippen molar-refractivity contribution in [2.24, 2.45) is 5.73 Å². The van der Waals surface area contributed by atoms with E-state index in [0.29, 0.717) is 12.2 Å². The van der Waals surface area contributed by atoms with Crippen molar-refractivity contribution in [1.29, 1.82) is 0 Å². The number of benzene rings is 2. The minimum atomic E-state index is -0.276. The Bertz CT molecular complexity index is 469. The van der Waals surface area contributed by atoms with Gasteiger partial charge in [0, 0.05) is 17.9 Å². The van der Waals surface area contributed by atoms with E-state index in [0.717, 1.165) is 11.3 Å². The van der Waals surface area contributed by atoms with Gasteiger partial charge in [-0.25, -0.2) is 4.39 Å². The predicted molar refractivity (Wildman–Crippen MR) is 64.0 cm³/mol. The van der Waals surface area contributed by atoms with Crippen LogP contribution in [0.4, 0.5) is 15.8 Å². The van der Waals surface area contributed by atoms with Crippen molar-refractivity contribution in [3.8, 4) is 0 Å². The number of rotatable bonds is 3. The summed E-state index contributed by atoms with van der Waals surface area (Å²) in [4.78, 5) is 0. The minimum Gasteiger partial charge on any atom is -0.355 e. The van der Waals surface area contributed by atoms with Crippen molar-refractivity contribution in [1.82, 2.24) is 0 Å². The van der Waals surface area contributed by atoms with Crippen molar-refractivity contribution in [2.45, 2.75) is 6.54 Å². The maximum absolute atomic E-state index is 13.2. The van der Waals surface area contributed by atoms with Crippen molar-refractivity contribution in [2.75, 3.05) is 5.32 Å². The van der Waals surface area contributed by atoms with Gasteiger partial charge in [0.15, 0.2) is 0 Å². The third kappa shape index (κ3) is 2.58. The molecule has 16 heavy (non-hydrogen) atoms. The molecule has 0 amide bonds. The summed E-state index contributed by atoms with van der Waals surface area (Å²) in [6.07, 6.45) is 0. The Morgan fingerprint density at radius 3 is 2.44 bits per heavy atom. The fourth-order valence-corrected chi connectivity index (χ4v) is 1.53. The van der Waals surface area contributed by atoms with Crippen molar-refractivity contribution < 1.29 is 4.39 Å². The summed E-state index contributed by atoms with van der Waals surface area (Å²) in [6.45, 7) is 0.335. The first-order valence-electron chi connectivity index (χ1n) is 5.09. The third-order valence-corrected chi connectivity index (χ3v) is 2.26. The van der Waals surface area contributed by atoms with Gasteiger partial charge in [0.1, 0.15) is 5.82 Å². The average molecular weight is 216 g/mol. The van der Waals surface area contributed by atoms with Crippen LogP contribution in [0, 0.1) is 5.82 Å². The number of anilines is 2. The second kappa shape index (κ2) is 4.77. The Morgan fingerprint density at radius 1 is 1.00 bits per heavy atom. The van der Waals surface area contributed by atoms with Gasteiger partial charge >= 0.3 is 0 Å². The van der Waals surface area contributed by atoms with E-state index in [9.17, 15) is 4.39 Å². The smallest absolute Gasteiger partial charge is 0.125 e. The molecule has 0 atom stereocenters. The molecule has 0 unspecified atom stereocenters. The molecule has 2 aromatic carbocycles. The minimum absolute atomic E-state index is 0.276. The molecule has 0 aliphatic heterocycles. The largest absolute Gasteiger partial charge is 0.355 e. The zero-order valence-electron chi connectivity index (χ0n) is 8.78. The highest BCUT2D eigenvalue weighted by Gasteiger charge is 2.00. The second-order valence-corrected chi connectivity index (χ2v) is 3.54. The lowest BCUT2D eigenvalue weighted by Gasteiger charge is -2.08. The van der Waals surface area contributed by atoms with E-state index >= 15 is 0 Å². The van der Waals surface area contributed by atoms with Crippen molar-refractivity contribution >= 4 is 11.4 Å². The molecule has 0 bridgehead atoms. The molecule has 3 N–H and O–H groups in total. The van der Waals surface area contributed by atoms with Gasteiger partial charge in [-0.1, -0.05) is 18.2 Å². The Hall–Kier alpha value is -1.87. The summed E-state index contributed by atoms with van der Waals surface area (Å²) in [5.74, 6) is -0.276. The van der Waals surface area contributed by atoms with E-state index in [4.69, 9.17) is 5.73 Å². The molecule has 3 heteroatoms. The molecule has 0 saturated carbocycles. The number of nitrogens with one attached hydrogen (secondary N) is 1. The van der Waals surface area contributed by atoms with Crippen LogP contribution in [0.1, 0.15) is 5.56 Å². The lowest BCUT2D eigenvalue weighted by atomic mass is 10.2. The maximum Gasteiger partial charge on any atom is 0.125 e. The van der Waals surface area contributed by atoms with Gasteiger partial charge in [-0.3, -0.25) is 0 Å². The highest BCUT2D eigenvalue weighted by molar-refractivity contribution is 5.60. The van der Waals surface area contributed by atoms with Crippen LogP contribution in [0.3, 0.4) is 0 Å². The quantitative estimate of drug-likeness (QED) is 0.827. The molecule has 0 saturated heterocycles. The van der Waals surface area contributed by atoms with Crippen molar-refractivity contribution in [3.63, 3.8) is 0 Å². The SMILES string of the molecule is NCc1cc(F)cc(Nc2ccccc2)c1. The van der Waals surface area contributed by atoms with E-state index in [1.54, 1.807) is 0 Å². The fourth-order valence-electron chi connectivity index (χ4n) is 1.53. The van der Waals surface area contributed by atoms with Gasteiger partial charge in [-0.05, 0) is 35.9 Å². The van der Waals surface area contributed by atoms with Gasteiger partial charge in [-0.2, -0.15) is 0 Å². The number of nitrogens with two attached hydrogens (primary N) is 1. The predicted octanol–water partition coefficient (Wildman–Crippen LogP) is 3.03. The summed E-state index contributed by atoms with van der Waals surface area (Å²) >= 11 is 0. The van der Waals surface area contributed by atoms with Gasteiger partial charge < -0.3 is 11.1 Å². The molecule has 0 aromatic heterocycles. The highest BCUT2D eigenvalue weighted by atomic mass is 19.1. The first-order valence-corrected chi connectivity index (χ1v) is 5.09. The number of halogens is 1. The molecule has 0 heterocycles. The third-order valence-electron chi connectivity index (χ3n) is 2.26. The van der Waals surface area contributed by atoms with Gasteiger partial charge in [0.2, 0.25) is 0 Å². The first kappa shape index (κ1) is 10.6. The monoisotopic (exact) mass is 216 g/mol. The lowest BCUT2D eigenvalue weighted by molar-refractivity contribution is 0.626. The van der Waals surface area contributed by atoms with Crippen LogP contribution in [0.2, 0.25) is 0 Å². The second-order valence-electron chi connectivity index (χ2n) is 3.54.